The number of hydrogen-bond donors (Lipinski definition) is 2. The molecule has 2 aromatic heterocycles. The van der Waals surface area contributed by atoms with Crippen LogP contribution in [0.4, 0.5) is 0 Å². The summed E-state index contributed by atoms with van der Waals surface area (Å²) in [7, 11) is 1.46. The Morgan fingerprint density at radius 2 is 2.00 bits per heavy atom. The number of fused-ring (bicyclic) bond motifs is 1. The number of aryl methyl sites for hydroxylation is 1. The van der Waals surface area contributed by atoms with Gasteiger partial charge in [0.15, 0.2) is 0 Å². The zero-order valence-electron chi connectivity index (χ0n) is 7.63. The van der Waals surface area contributed by atoms with Crippen molar-refractivity contribution in [2.24, 2.45) is 7.05 Å². The van der Waals surface area contributed by atoms with E-state index in [9.17, 15) is 14.4 Å². The second-order valence-electron chi connectivity index (χ2n) is 3.01. The molecule has 0 aliphatic carbocycles. The minimum atomic E-state index is -0.685. The number of aromatic nitrogens is 3. The van der Waals surface area contributed by atoms with Crippen LogP contribution in [0.3, 0.4) is 0 Å². The van der Waals surface area contributed by atoms with E-state index in [0.29, 0.717) is 0 Å². The lowest BCUT2D eigenvalue weighted by Gasteiger charge is -2.02. The van der Waals surface area contributed by atoms with Gasteiger partial charge in [-0.3, -0.25) is 19.1 Å². The maximum Gasteiger partial charge on any atom is 0.329 e. The molecule has 6 nitrogen and oxygen atoms in total. The van der Waals surface area contributed by atoms with E-state index in [1.54, 1.807) is 0 Å². The van der Waals surface area contributed by atoms with Crippen LogP contribution < -0.4 is 16.7 Å². The quantitative estimate of drug-likeness (QED) is 0.688. The Balaban J connectivity index is 3.25. The third-order valence-corrected chi connectivity index (χ3v) is 2.69. The van der Waals surface area contributed by atoms with Crippen LogP contribution in [-0.2, 0) is 7.05 Å². The third kappa shape index (κ3) is 1.35. The number of H-pyrrole nitrogens is 2. The fourth-order valence-electron chi connectivity index (χ4n) is 1.32. The molecule has 2 rings (SSSR count). The number of nitrogens with zero attached hydrogens (tertiary/aromatic N) is 1. The van der Waals surface area contributed by atoms with Crippen LogP contribution in [0.1, 0.15) is 0 Å². The average molecular weight is 272 g/mol. The summed E-state index contributed by atoms with van der Waals surface area (Å²) in [6.45, 7) is 0. The molecular weight excluding hydrogens is 266 g/mol. The van der Waals surface area contributed by atoms with E-state index in [-0.39, 0.29) is 15.5 Å². The molecule has 2 aromatic rings. The minimum absolute atomic E-state index is 0.0634. The molecule has 2 N–H and O–H groups in total. The molecule has 0 aromatic carbocycles. The first kappa shape index (κ1) is 9.91. The second kappa shape index (κ2) is 3.20. The van der Waals surface area contributed by atoms with E-state index < -0.39 is 16.7 Å². The van der Waals surface area contributed by atoms with E-state index in [0.717, 1.165) is 0 Å². The van der Waals surface area contributed by atoms with Gasteiger partial charge in [-0.05, 0) is 15.9 Å². The van der Waals surface area contributed by atoms with Crippen LogP contribution >= 0.6 is 15.9 Å². The monoisotopic (exact) mass is 271 g/mol. The number of pyridine rings is 1. The molecule has 2 heterocycles. The van der Waals surface area contributed by atoms with Gasteiger partial charge in [0, 0.05) is 13.2 Å². The molecule has 0 aliphatic heterocycles. The zero-order valence-corrected chi connectivity index (χ0v) is 9.21. The van der Waals surface area contributed by atoms with Gasteiger partial charge in [-0.15, -0.1) is 0 Å². The highest BCUT2D eigenvalue weighted by atomic mass is 79.9. The van der Waals surface area contributed by atoms with E-state index >= 15 is 0 Å². The Labute approximate surface area is 90.7 Å². The summed E-state index contributed by atoms with van der Waals surface area (Å²) in [5, 5.41) is -0.0634. The van der Waals surface area contributed by atoms with Gasteiger partial charge in [0.2, 0.25) is 5.43 Å². The van der Waals surface area contributed by atoms with E-state index in [1.807, 2.05) is 0 Å². The highest BCUT2D eigenvalue weighted by Crippen LogP contribution is 2.04. The summed E-state index contributed by atoms with van der Waals surface area (Å²) in [6.07, 6.45) is 1.39. The number of aromatic amines is 2. The van der Waals surface area contributed by atoms with Gasteiger partial charge >= 0.3 is 5.69 Å². The van der Waals surface area contributed by atoms with Gasteiger partial charge in [-0.25, -0.2) is 4.79 Å². The number of halogens is 1. The topological polar surface area (TPSA) is 87.7 Å². The van der Waals surface area contributed by atoms with Crippen molar-refractivity contribution in [2.75, 3.05) is 0 Å². The minimum Gasteiger partial charge on any atom is -0.346 e. The van der Waals surface area contributed by atoms with E-state index in [4.69, 9.17) is 0 Å². The lowest BCUT2D eigenvalue weighted by Crippen LogP contribution is -2.32. The Morgan fingerprint density at radius 3 is 2.67 bits per heavy atom. The lowest BCUT2D eigenvalue weighted by molar-refractivity contribution is 0.827. The van der Waals surface area contributed by atoms with Crippen LogP contribution in [0.2, 0.25) is 0 Å². The molecule has 0 amide bonds. The van der Waals surface area contributed by atoms with Crippen molar-refractivity contribution < 1.29 is 0 Å². The van der Waals surface area contributed by atoms with Crippen LogP contribution in [0.25, 0.3) is 11.0 Å². The summed E-state index contributed by atoms with van der Waals surface area (Å²) in [4.78, 5) is 39.0. The van der Waals surface area contributed by atoms with Gasteiger partial charge in [-0.2, -0.15) is 0 Å². The van der Waals surface area contributed by atoms with Gasteiger partial charge < -0.3 is 4.98 Å². The molecule has 0 saturated heterocycles. The lowest BCUT2D eigenvalue weighted by atomic mass is 10.3. The van der Waals surface area contributed by atoms with Crippen LogP contribution in [-0.4, -0.2) is 14.5 Å². The number of rotatable bonds is 0. The fraction of sp³-hybridized carbons (Fsp3) is 0.125. The predicted molar refractivity (Wildman–Crippen MR) is 58.1 cm³/mol. The normalized spacial score (nSPS) is 10.8. The molecule has 0 bridgehead atoms. The summed E-state index contributed by atoms with van der Waals surface area (Å²) in [5.74, 6) is 0. The van der Waals surface area contributed by atoms with Crippen LogP contribution in [0, 0.1) is 0 Å². The molecule has 0 radical (unpaired) electrons. The van der Waals surface area contributed by atoms with Gasteiger partial charge in [0.05, 0.1) is 4.47 Å². The van der Waals surface area contributed by atoms with Crippen molar-refractivity contribution in [1.82, 2.24) is 14.5 Å². The van der Waals surface area contributed by atoms with Crippen molar-refractivity contribution >= 4 is 27.0 Å². The van der Waals surface area contributed by atoms with Crippen molar-refractivity contribution in [3.63, 3.8) is 0 Å². The van der Waals surface area contributed by atoms with E-state index in [1.165, 1.54) is 17.8 Å². The van der Waals surface area contributed by atoms with Gasteiger partial charge in [-0.1, -0.05) is 0 Å². The molecule has 0 atom stereocenters. The SMILES string of the molecule is Cn1c(=O)[nH]c(=O)c2c(=O)c(Br)c[nH]c21. The summed E-state index contributed by atoms with van der Waals surface area (Å²) in [6, 6.07) is 0. The summed E-state index contributed by atoms with van der Waals surface area (Å²) < 4.78 is 1.42. The molecule has 0 aliphatic rings. The first-order valence-corrected chi connectivity index (χ1v) is 4.82. The first-order valence-electron chi connectivity index (χ1n) is 4.02. The Bertz CT molecular complexity index is 710. The van der Waals surface area contributed by atoms with Crippen LogP contribution in [0.5, 0.6) is 0 Å². The maximum absolute atomic E-state index is 11.6. The van der Waals surface area contributed by atoms with Crippen molar-refractivity contribution in [3.05, 3.63) is 41.7 Å². The standard InChI is InChI=1S/C8H6BrN3O3/c1-12-6-4(7(14)11-8(12)15)5(13)3(9)2-10-6/h2H,1H3,(H,10,13)(H,11,14,15). The highest BCUT2D eigenvalue weighted by molar-refractivity contribution is 9.10. The Kier molecular flexibility index (Phi) is 2.11. The third-order valence-electron chi connectivity index (χ3n) is 2.10. The number of nitrogens with one attached hydrogen (secondary N) is 2. The Morgan fingerprint density at radius 1 is 1.33 bits per heavy atom. The smallest absolute Gasteiger partial charge is 0.329 e. The van der Waals surface area contributed by atoms with Gasteiger partial charge in [0.1, 0.15) is 11.0 Å². The second-order valence-corrected chi connectivity index (χ2v) is 3.86. The van der Waals surface area contributed by atoms with Crippen LogP contribution in [0.15, 0.2) is 25.1 Å². The highest BCUT2D eigenvalue weighted by Gasteiger charge is 2.10. The molecule has 0 fully saturated rings. The van der Waals surface area contributed by atoms with Crippen molar-refractivity contribution in [1.29, 1.82) is 0 Å². The molecule has 15 heavy (non-hydrogen) atoms. The number of hydrogen-bond acceptors (Lipinski definition) is 3. The van der Waals surface area contributed by atoms with E-state index in [2.05, 4.69) is 25.9 Å². The molecule has 0 spiro atoms. The summed E-state index contributed by atoms with van der Waals surface area (Å²) in [5.41, 5.74) is -1.49. The molecule has 0 unspecified atom stereocenters. The predicted octanol–water partition coefficient (Wildman–Crippen LogP) is -0.322. The van der Waals surface area contributed by atoms with Crippen molar-refractivity contribution in [3.8, 4) is 0 Å². The fourth-order valence-corrected chi connectivity index (χ4v) is 1.63. The maximum atomic E-state index is 11.6. The molecule has 78 valence electrons. The van der Waals surface area contributed by atoms with Gasteiger partial charge in [0.25, 0.3) is 5.56 Å². The van der Waals surface area contributed by atoms with Crippen molar-refractivity contribution in [2.45, 2.75) is 0 Å². The largest absolute Gasteiger partial charge is 0.346 e. The molecule has 7 heteroatoms. The molecular formula is C8H6BrN3O3. The molecule has 0 saturated carbocycles. The summed E-state index contributed by atoms with van der Waals surface area (Å²) >= 11 is 3.01. The average Bonchev–Trinajstić information content (AvgIpc) is 2.18. The Hall–Kier alpha value is -1.63. The zero-order chi connectivity index (χ0) is 11.2. The first-order chi connectivity index (χ1) is 7.02.